The molecule has 156 valence electrons. The molecule has 0 saturated carbocycles. The van der Waals surface area contributed by atoms with Gasteiger partial charge in [-0.1, -0.05) is 24.3 Å². The third kappa shape index (κ3) is 4.40. The molecule has 1 saturated heterocycles. The standard InChI is InChI=1S/C20H22F2N2O4S/c1-14-5-3-6-15(2)19(14)28-13-18(25)23-9-11-24(12-10-23)29(26,27)20-16(21)7-4-8-17(20)22/h3-8H,9-13H2,1-2H3. The fourth-order valence-electron chi connectivity index (χ4n) is 3.29. The van der Waals surface area contributed by atoms with Crippen LogP contribution in [0.2, 0.25) is 0 Å². The maximum atomic E-state index is 13.9. The Morgan fingerprint density at radius 3 is 2.03 bits per heavy atom. The van der Waals surface area contributed by atoms with Crippen LogP contribution in [0.15, 0.2) is 41.3 Å². The molecule has 1 heterocycles. The Morgan fingerprint density at radius 1 is 0.966 bits per heavy atom. The number of para-hydroxylation sites is 1. The average Bonchev–Trinajstić information content (AvgIpc) is 2.67. The van der Waals surface area contributed by atoms with Crippen molar-refractivity contribution in [1.29, 1.82) is 0 Å². The number of sulfonamides is 1. The summed E-state index contributed by atoms with van der Waals surface area (Å²) in [5, 5.41) is 0. The Bertz CT molecular complexity index is 979. The Kier molecular flexibility index (Phi) is 6.18. The fourth-order valence-corrected chi connectivity index (χ4v) is 4.82. The van der Waals surface area contributed by atoms with Crippen molar-refractivity contribution in [1.82, 2.24) is 9.21 Å². The molecule has 0 radical (unpaired) electrons. The number of rotatable bonds is 5. The van der Waals surface area contributed by atoms with Crippen LogP contribution in [0, 0.1) is 25.5 Å². The molecular formula is C20H22F2N2O4S. The van der Waals surface area contributed by atoms with E-state index >= 15 is 0 Å². The van der Waals surface area contributed by atoms with E-state index < -0.39 is 26.6 Å². The molecule has 29 heavy (non-hydrogen) atoms. The minimum atomic E-state index is -4.32. The zero-order chi connectivity index (χ0) is 21.2. The molecule has 0 bridgehead atoms. The molecule has 1 amide bonds. The molecule has 0 aliphatic carbocycles. The van der Waals surface area contributed by atoms with E-state index in [1.165, 1.54) is 4.90 Å². The van der Waals surface area contributed by atoms with Gasteiger partial charge in [-0.25, -0.2) is 17.2 Å². The zero-order valence-electron chi connectivity index (χ0n) is 16.2. The predicted molar refractivity (Wildman–Crippen MR) is 103 cm³/mol. The number of piperazine rings is 1. The van der Waals surface area contributed by atoms with Gasteiger partial charge in [0.1, 0.15) is 17.4 Å². The molecule has 6 nitrogen and oxygen atoms in total. The Hall–Kier alpha value is -2.52. The second kappa shape index (κ2) is 8.46. The number of hydrogen-bond donors (Lipinski definition) is 0. The molecule has 0 N–H and O–H groups in total. The van der Waals surface area contributed by atoms with Gasteiger partial charge < -0.3 is 9.64 Å². The van der Waals surface area contributed by atoms with E-state index in [0.717, 1.165) is 33.6 Å². The van der Waals surface area contributed by atoms with E-state index in [9.17, 15) is 22.0 Å². The number of carbonyl (C=O) groups is 1. The van der Waals surface area contributed by atoms with E-state index in [2.05, 4.69) is 0 Å². The van der Waals surface area contributed by atoms with Gasteiger partial charge >= 0.3 is 0 Å². The van der Waals surface area contributed by atoms with Crippen LogP contribution in [0.4, 0.5) is 8.78 Å². The van der Waals surface area contributed by atoms with E-state index in [-0.39, 0.29) is 38.7 Å². The van der Waals surface area contributed by atoms with Crippen LogP contribution in [-0.4, -0.2) is 56.3 Å². The lowest BCUT2D eigenvalue weighted by Crippen LogP contribution is -2.51. The highest BCUT2D eigenvalue weighted by atomic mass is 32.2. The van der Waals surface area contributed by atoms with Crippen LogP contribution in [0.25, 0.3) is 0 Å². The van der Waals surface area contributed by atoms with Crippen molar-refractivity contribution in [3.63, 3.8) is 0 Å². The van der Waals surface area contributed by atoms with Crippen molar-refractivity contribution in [3.8, 4) is 5.75 Å². The van der Waals surface area contributed by atoms with Gasteiger partial charge in [-0.2, -0.15) is 4.31 Å². The third-order valence-electron chi connectivity index (χ3n) is 4.86. The van der Waals surface area contributed by atoms with Gasteiger partial charge in [-0.05, 0) is 37.1 Å². The summed E-state index contributed by atoms with van der Waals surface area (Å²) in [4.78, 5) is 13.0. The van der Waals surface area contributed by atoms with Crippen LogP contribution in [-0.2, 0) is 14.8 Å². The Balaban J connectivity index is 1.62. The van der Waals surface area contributed by atoms with Crippen molar-refractivity contribution >= 4 is 15.9 Å². The van der Waals surface area contributed by atoms with Gasteiger partial charge in [-0.3, -0.25) is 4.79 Å². The predicted octanol–water partition coefficient (Wildman–Crippen LogP) is 2.49. The number of carbonyl (C=O) groups excluding carboxylic acids is 1. The van der Waals surface area contributed by atoms with Crippen molar-refractivity contribution < 1.29 is 26.7 Å². The first-order chi connectivity index (χ1) is 13.7. The zero-order valence-corrected chi connectivity index (χ0v) is 17.0. The van der Waals surface area contributed by atoms with Crippen LogP contribution in [0.1, 0.15) is 11.1 Å². The van der Waals surface area contributed by atoms with Crippen LogP contribution >= 0.6 is 0 Å². The lowest BCUT2D eigenvalue weighted by atomic mass is 10.1. The first-order valence-corrected chi connectivity index (χ1v) is 10.6. The molecular weight excluding hydrogens is 402 g/mol. The van der Waals surface area contributed by atoms with Crippen molar-refractivity contribution in [2.24, 2.45) is 0 Å². The number of aryl methyl sites for hydroxylation is 2. The normalized spacial score (nSPS) is 15.4. The van der Waals surface area contributed by atoms with Crippen LogP contribution < -0.4 is 4.74 Å². The van der Waals surface area contributed by atoms with E-state index in [0.29, 0.717) is 5.75 Å². The number of benzene rings is 2. The maximum Gasteiger partial charge on any atom is 0.260 e. The summed E-state index contributed by atoms with van der Waals surface area (Å²) in [6.45, 7) is 3.74. The van der Waals surface area contributed by atoms with E-state index in [1.54, 1.807) is 0 Å². The van der Waals surface area contributed by atoms with Crippen LogP contribution in [0.3, 0.4) is 0 Å². The van der Waals surface area contributed by atoms with Crippen molar-refractivity contribution in [3.05, 3.63) is 59.2 Å². The molecule has 0 spiro atoms. The van der Waals surface area contributed by atoms with Gasteiger partial charge in [-0.15, -0.1) is 0 Å². The molecule has 9 heteroatoms. The number of halogens is 2. The molecule has 2 aromatic carbocycles. The summed E-state index contributed by atoms with van der Waals surface area (Å²) in [6.07, 6.45) is 0. The number of hydrogen-bond acceptors (Lipinski definition) is 4. The molecule has 3 rings (SSSR count). The molecule has 0 unspecified atom stereocenters. The van der Waals surface area contributed by atoms with Gasteiger partial charge in [0.25, 0.3) is 5.91 Å². The smallest absolute Gasteiger partial charge is 0.260 e. The quantitative estimate of drug-likeness (QED) is 0.740. The van der Waals surface area contributed by atoms with Gasteiger partial charge in [0, 0.05) is 26.2 Å². The van der Waals surface area contributed by atoms with E-state index in [4.69, 9.17) is 4.74 Å². The molecule has 2 aromatic rings. The molecule has 1 aliphatic rings. The molecule has 0 atom stereocenters. The largest absolute Gasteiger partial charge is 0.483 e. The Morgan fingerprint density at radius 2 is 1.48 bits per heavy atom. The SMILES string of the molecule is Cc1cccc(C)c1OCC(=O)N1CCN(S(=O)(=O)c2c(F)cccc2F)CC1. The number of amides is 1. The van der Waals surface area contributed by atoms with Crippen molar-refractivity contribution in [2.45, 2.75) is 18.7 Å². The fraction of sp³-hybridized carbons (Fsp3) is 0.350. The summed E-state index contributed by atoms with van der Waals surface area (Å²) in [7, 11) is -4.32. The highest BCUT2D eigenvalue weighted by Gasteiger charge is 2.34. The topological polar surface area (TPSA) is 66.9 Å². The third-order valence-corrected chi connectivity index (χ3v) is 6.81. The minimum absolute atomic E-state index is 0.0504. The highest BCUT2D eigenvalue weighted by molar-refractivity contribution is 7.89. The Labute approximate surface area is 168 Å². The van der Waals surface area contributed by atoms with Crippen molar-refractivity contribution in [2.75, 3.05) is 32.8 Å². The summed E-state index contributed by atoms with van der Waals surface area (Å²) >= 11 is 0. The van der Waals surface area contributed by atoms with Gasteiger partial charge in [0.2, 0.25) is 10.0 Å². The second-order valence-corrected chi connectivity index (χ2v) is 8.72. The maximum absolute atomic E-state index is 13.9. The first-order valence-electron chi connectivity index (χ1n) is 9.13. The summed E-state index contributed by atoms with van der Waals surface area (Å²) in [6, 6.07) is 8.59. The summed E-state index contributed by atoms with van der Waals surface area (Å²) in [5.41, 5.74) is 1.83. The lowest BCUT2D eigenvalue weighted by molar-refractivity contribution is -0.134. The van der Waals surface area contributed by atoms with Gasteiger partial charge in [0.15, 0.2) is 11.5 Å². The summed E-state index contributed by atoms with van der Waals surface area (Å²) < 4.78 is 59.7. The first kappa shape index (κ1) is 21.2. The minimum Gasteiger partial charge on any atom is -0.483 e. The summed E-state index contributed by atoms with van der Waals surface area (Å²) in [5.74, 6) is -1.89. The number of ether oxygens (including phenoxy) is 1. The van der Waals surface area contributed by atoms with Crippen LogP contribution in [0.5, 0.6) is 5.75 Å². The molecule has 1 aliphatic heterocycles. The second-order valence-electron chi connectivity index (χ2n) is 6.85. The monoisotopic (exact) mass is 424 g/mol. The highest BCUT2D eigenvalue weighted by Crippen LogP contribution is 2.24. The molecule has 0 aromatic heterocycles. The average molecular weight is 424 g/mol. The molecule has 1 fully saturated rings. The van der Waals surface area contributed by atoms with Gasteiger partial charge in [0.05, 0.1) is 0 Å². The number of nitrogens with zero attached hydrogens (tertiary/aromatic N) is 2. The van der Waals surface area contributed by atoms with E-state index in [1.807, 2.05) is 32.0 Å². The lowest BCUT2D eigenvalue weighted by Gasteiger charge is -2.34.